The number of anilines is 4. The molecule has 3 heterocycles. The summed E-state index contributed by atoms with van der Waals surface area (Å²) >= 11 is 0. The van der Waals surface area contributed by atoms with Gasteiger partial charge in [0.15, 0.2) is 17.1 Å². The van der Waals surface area contributed by atoms with Crippen molar-refractivity contribution in [3.63, 3.8) is 0 Å². The normalized spacial score (nSPS) is 19.2. The maximum Gasteiger partial charge on any atom is 0.224 e. The standard InChI is InChI=1S/C20H20F2N6O3/c1-23-17-8-16(25-13-6-11(21)7-15-19(13)31-3-2-30-15)27-20-14(9-24-28(17)20)26-18(29)5-10-4-12(10)22/h6-10,12,23H,2-5H2,1H3,(H,25,27)(H,26,29). The molecule has 1 amide bonds. The Morgan fingerprint density at radius 2 is 2.06 bits per heavy atom. The molecule has 1 aliphatic heterocycles. The Hall–Kier alpha value is -3.63. The number of alkyl halides is 1. The molecule has 11 heteroatoms. The quantitative estimate of drug-likeness (QED) is 0.552. The van der Waals surface area contributed by atoms with E-state index in [2.05, 4.69) is 26.0 Å². The van der Waals surface area contributed by atoms with Crippen molar-refractivity contribution in [2.75, 3.05) is 36.2 Å². The highest BCUT2D eigenvalue weighted by Crippen LogP contribution is 2.40. The highest BCUT2D eigenvalue weighted by molar-refractivity contribution is 5.95. The van der Waals surface area contributed by atoms with Gasteiger partial charge in [-0.3, -0.25) is 4.79 Å². The minimum Gasteiger partial charge on any atom is -0.486 e. The van der Waals surface area contributed by atoms with Crippen LogP contribution in [0.5, 0.6) is 11.5 Å². The average Bonchev–Trinajstić information content (AvgIpc) is 3.29. The lowest BCUT2D eigenvalue weighted by molar-refractivity contribution is -0.116. The van der Waals surface area contributed by atoms with Gasteiger partial charge in [0, 0.05) is 37.6 Å². The summed E-state index contributed by atoms with van der Waals surface area (Å²) in [6, 6.07) is 4.24. The number of carbonyl (C=O) groups is 1. The Morgan fingerprint density at radius 3 is 2.84 bits per heavy atom. The molecule has 0 radical (unpaired) electrons. The number of halogens is 2. The molecule has 2 aliphatic rings. The van der Waals surface area contributed by atoms with Gasteiger partial charge >= 0.3 is 0 Å². The van der Waals surface area contributed by atoms with Crippen LogP contribution in [0.2, 0.25) is 0 Å². The molecule has 0 saturated heterocycles. The van der Waals surface area contributed by atoms with Crippen LogP contribution in [0.4, 0.5) is 31.8 Å². The first-order chi connectivity index (χ1) is 15.0. The molecule has 162 valence electrons. The van der Waals surface area contributed by atoms with Gasteiger partial charge in [0.25, 0.3) is 0 Å². The van der Waals surface area contributed by atoms with Gasteiger partial charge in [-0.05, 0) is 6.42 Å². The SMILES string of the molecule is CNc1cc(Nc2cc(F)cc3c2OCCO3)nc2c(NC(=O)CC3CC3F)cnn12. The summed E-state index contributed by atoms with van der Waals surface area (Å²) in [5, 5.41) is 13.1. The van der Waals surface area contributed by atoms with Crippen molar-refractivity contribution >= 4 is 34.6 Å². The number of hydrogen-bond donors (Lipinski definition) is 3. The summed E-state index contributed by atoms with van der Waals surface area (Å²) < 4.78 is 39.8. The summed E-state index contributed by atoms with van der Waals surface area (Å²) in [6.07, 6.45) is 1.11. The number of aromatic nitrogens is 3. The molecule has 1 aromatic carbocycles. The van der Waals surface area contributed by atoms with Gasteiger partial charge in [-0.25, -0.2) is 13.8 Å². The van der Waals surface area contributed by atoms with Crippen LogP contribution in [0, 0.1) is 11.7 Å². The number of amides is 1. The Morgan fingerprint density at radius 1 is 1.26 bits per heavy atom. The third kappa shape index (κ3) is 3.78. The van der Waals surface area contributed by atoms with Crippen molar-refractivity contribution in [1.29, 1.82) is 0 Å². The van der Waals surface area contributed by atoms with E-state index in [-0.39, 0.29) is 18.2 Å². The van der Waals surface area contributed by atoms with E-state index in [1.165, 1.54) is 22.8 Å². The Labute approximate surface area is 175 Å². The molecule has 5 rings (SSSR count). The van der Waals surface area contributed by atoms with E-state index in [0.717, 1.165) is 0 Å². The fourth-order valence-electron chi connectivity index (χ4n) is 3.51. The van der Waals surface area contributed by atoms with Gasteiger partial charge in [0.1, 0.15) is 42.5 Å². The molecule has 1 saturated carbocycles. The number of fused-ring (bicyclic) bond motifs is 2. The van der Waals surface area contributed by atoms with Crippen molar-refractivity contribution in [2.24, 2.45) is 5.92 Å². The molecule has 1 fully saturated rings. The van der Waals surface area contributed by atoms with E-state index in [1.807, 2.05) is 0 Å². The van der Waals surface area contributed by atoms with Gasteiger partial charge < -0.3 is 25.4 Å². The Kier molecular flexibility index (Phi) is 4.72. The summed E-state index contributed by atoms with van der Waals surface area (Å²) in [4.78, 5) is 16.8. The van der Waals surface area contributed by atoms with Crippen molar-refractivity contribution in [3.05, 3.63) is 30.2 Å². The van der Waals surface area contributed by atoms with E-state index in [1.54, 1.807) is 13.1 Å². The minimum absolute atomic E-state index is 0.113. The lowest BCUT2D eigenvalue weighted by atomic mass is 10.2. The van der Waals surface area contributed by atoms with E-state index < -0.39 is 12.0 Å². The monoisotopic (exact) mass is 430 g/mol. The third-order valence-corrected chi connectivity index (χ3v) is 5.16. The molecule has 0 spiro atoms. The lowest BCUT2D eigenvalue weighted by Crippen LogP contribution is -2.17. The number of nitrogens with zero attached hydrogens (tertiary/aromatic N) is 3. The van der Waals surface area contributed by atoms with E-state index >= 15 is 0 Å². The predicted octanol–water partition coefficient (Wildman–Crippen LogP) is 3.11. The van der Waals surface area contributed by atoms with Gasteiger partial charge in [0.05, 0.1) is 11.9 Å². The zero-order chi connectivity index (χ0) is 21.5. The Bertz CT molecular complexity index is 1170. The molecule has 0 bridgehead atoms. The van der Waals surface area contributed by atoms with Crippen LogP contribution in [0.25, 0.3) is 5.65 Å². The molecule has 2 atom stereocenters. The maximum atomic E-state index is 14.1. The number of nitrogens with one attached hydrogen (secondary N) is 3. The first-order valence-electron chi connectivity index (χ1n) is 9.88. The molecule has 2 aromatic heterocycles. The molecular formula is C20H20F2N6O3. The number of ether oxygens (including phenoxy) is 2. The van der Waals surface area contributed by atoms with Crippen molar-refractivity contribution in [1.82, 2.24) is 14.6 Å². The predicted molar refractivity (Wildman–Crippen MR) is 109 cm³/mol. The van der Waals surface area contributed by atoms with Crippen molar-refractivity contribution in [3.8, 4) is 11.5 Å². The second-order valence-electron chi connectivity index (χ2n) is 7.44. The summed E-state index contributed by atoms with van der Waals surface area (Å²) in [6.45, 7) is 0.688. The largest absolute Gasteiger partial charge is 0.486 e. The van der Waals surface area contributed by atoms with Gasteiger partial charge in [-0.2, -0.15) is 9.61 Å². The van der Waals surface area contributed by atoms with Crippen LogP contribution in [-0.2, 0) is 4.79 Å². The third-order valence-electron chi connectivity index (χ3n) is 5.16. The fourth-order valence-corrected chi connectivity index (χ4v) is 3.51. The van der Waals surface area contributed by atoms with Crippen LogP contribution in [0.3, 0.4) is 0 Å². The smallest absolute Gasteiger partial charge is 0.224 e. The fraction of sp³-hybridized carbons (Fsp3) is 0.350. The topological polar surface area (TPSA) is 102 Å². The van der Waals surface area contributed by atoms with Crippen molar-refractivity contribution < 1.29 is 23.0 Å². The Balaban J connectivity index is 1.47. The molecule has 2 unspecified atom stereocenters. The number of carbonyl (C=O) groups excluding carboxylic acids is 1. The average molecular weight is 430 g/mol. The number of benzene rings is 1. The highest BCUT2D eigenvalue weighted by atomic mass is 19.1. The summed E-state index contributed by atoms with van der Waals surface area (Å²) in [5.41, 5.74) is 1.13. The van der Waals surface area contributed by atoms with Crippen LogP contribution in [0.1, 0.15) is 12.8 Å². The van der Waals surface area contributed by atoms with Gasteiger partial charge in [-0.15, -0.1) is 0 Å². The number of hydrogen-bond acceptors (Lipinski definition) is 7. The van der Waals surface area contributed by atoms with E-state index in [4.69, 9.17) is 9.47 Å². The zero-order valence-corrected chi connectivity index (χ0v) is 16.6. The minimum atomic E-state index is -0.900. The van der Waals surface area contributed by atoms with Crippen molar-refractivity contribution in [2.45, 2.75) is 19.0 Å². The first-order valence-corrected chi connectivity index (χ1v) is 9.88. The lowest BCUT2D eigenvalue weighted by Gasteiger charge is -2.21. The van der Waals surface area contributed by atoms with Gasteiger partial charge in [-0.1, -0.05) is 0 Å². The summed E-state index contributed by atoms with van der Waals surface area (Å²) in [7, 11) is 1.72. The second-order valence-corrected chi connectivity index (χ2v) is 7.44. The molecule has 31 heavy (non-hydrogen) atoms. The number of rotatable bonds is 6. The molecular weight excluding hydrogens is 410 g/mol. The molecule has 3 aromatic rings. The zero-order valence-electron chi connectivity index (χ0n) is 16.6. The molecule has 9 nitrogen and oxygen atoms in total. The van der Waals surface area contributed by atoms with Crippen LogP contribution in [-0.4, -0.2) is 46.9 Å². The van der Waals surface area contributed by atoms with Crippen LogP contribution >= 0.6 is 0 Å². The second kappa shape index (κ2) is 7.56. The first kappa shape index (κ1) is 19.3. The van der Waals surface area contributed by atoms with E-state index in [0.29, 0.717) is 59.8 Å². The van der Waals surface area contributed by atoms with E-state index in [9.17, 15) is 13.6 Å². The highest BCUT2D eigenvalue weighted by Gasteiger charge is 2.38. The van der Waals surface area contributed by atoms with Crippen LogP contribution < -0.4 is 25.4 Å². The summed E-state index contributed by atoms with van der Waals surface area (Å²) in [5.74, 6) is 0.671. The van der Waals surface area contributed by atoms with Gasteiger partial charge in [0.2, 0.25) is 5.91 Å². The molecule has 1 aliphatic carbocycles. The maximum absolute atomic E-state index is 14.1. The van der Waals surface area contributed by atoms with Crippen LogP contribution in [0.15, 0.2) is 24.4 Å². The molecule has 3 N–H and O–H groups in total.